The Kier molecular flexibility index (Phi) is 3.37. The fourth-order valence-corrected chi connectivity index (χ4v) is 4.33. The Hall–Kier alpha value is -0.900. The van der Waals surface area contributed by atoms with E-state index in [2.05, 4.69) is 4.98 Å². The molecule has 0 saturated carbocycles. The van der Waals surface area contributed by atoms with Crippen LogP contribution in [0.5, 0.6) is 0 Å². The normalized spacial score (nSPS) is 18.5. The van der Waals surface area contributed by atoms with Crippen molar-refractivity contribution in [2.45, 2.75) is 25.7 Å². The molecular formula is C14H11Cl2NOS. The van der Waals surface area contributed by atoms with Gasteiger partial charge in [-0.15, -0.1) is 11.3 Å². The average molecular weight is 312 g/mol. The van der Waals surface area contributed by atoms with Crippen LogP contribution in [-0.2, 0) is 6.42 Å². The average Bonchev–Trinajstić information content (AvgIpc) is 2.68. The SMILES string of the molecule is Cc1ccnc2c1C(=O)CC(c1sc(Cl)cc1Cl)C2. The van der Waals surface area contributed by atoms with Crippen LogP contribution in [0.25, 0.3) is 0 Å². The van der Waals surface area contributed by atoms with Crippen LogP contribution in [0.2, 0.25) is 9.36 Å². The summed E-state index contributed by atoms with van der Waals surface area (Å²) in [6.45, 7) is 1.95. The van der Waals surface area contributed by atoms with E-state index in [-0.39, 0.29) is 11.7 Å². The van der Waals surface area contributed by atoms with E-state index in [1.54, 1.807) is 12.3 Å². The third-order valence-corrected chi connectivity index (χ3v) is 5.29. The van der Waals surface area contributed by atoms with E-state index in [1.807, 2.05) is 13.0 Å². The summed E-state index contributed by atoms with van der Waals surface area (Å²) in [5.74, 6) is 0.247. The summed E-state index contributed by atoms with van der Waals surface area (Å²) in [7, 11) is 0. The first-order valence-corrected chi connectivity index (χ1v) is 7.56. The highest BCUT2D eigenvalue weighted by Gasteiger charge is 2.30. The van der Waals surface area contributed by atoms with Crippen molar-refractivity contribution in [3.05, 3.63) is 49.4 Å². The lowest BCUT2D eigenvalue weighted by Gasteiger charge is -2.23. The predicted molar refractivity (Wildman–Crippen MR) is 78.7 cm³/mol. The number of Topliss-reactive ketones (excluding diaryl/α,β-unsaturated/α-hetero) is 1. The van der Waals surface area contributed by atoms with Gasteiger partial charge in [-0.05, 0) is 31.0 Å². The lowest BCUT2D eigenvalue weighted by molar-refractivity contribution is 0.0963. The Morgan fingerprint density at radius 3 is 2.84 bits per heavy atom. The summed E-state index contributed by atoms with van der Waals surface area (Å²) in [6, 6.07) is 3.62. The standard InChI is InChI=1S/C14H11Cl2NOS/c1-7-2-3-17-10-4-8(5-11(18)13(7)10)14-9(15)6-12(16)19-14/h2-3,6,8H,4-5H2,1H3. The number of halogens is 2. The highest BCUT2D eigenvalue weighted by atomic mass is 35.5. The van der Waals surface area contributed by atoms with Gasteiger partial charge in [0.1, 0.15) is 0 Å². The number of ketones is 1. The third kappa shape index (κ3) is 2.31. The van der Waals surface area contributed by atoms with Gasteiger partial charge in [-0.25, -0.2) is 0 Å². The zero-order valence-electron chi connectivity index (χ0n) is 10.2. The highest BCUT2D eigenvalue weighted by molar-refractivity contribution is 7.16. The monoisotopic (exact) mass is 311 g/mol. The number of thiophene rings is 1. The molecule has 0 aromatic carbocycles. The first-order chi connectivity index (χ1) is 9.06. The zero-order valence-corrected chi connectivity index (χ0v) is 12.6. The van der Waals surface area contributed by atoms with Gasteiger partial charge in [-0.2, -0.15) is 0 Å². The minimum absolute atomic E-state index is 0.0966. The fraction of sp³-hybridized carbons (Fsp3) is 0.286. The Labute approximate surface area is 125 Å². The molecule has 1 unspecified atom stereocenters. The van der Waals surface area contributed by atoms with Crippen molar-refractivity contribution in [3.8, 4) is 0 Å². The van der Waals surface area contributed by atoms with Crippen molar-refractivity contribution in [1.82, 2.24) is 4.98 Å². The van der Waals surface area contributed by atoms with E-state index in [0.29, 0.717) is 15.8 Å². The summed E-state index contributed by atoms with van der Waals surface area (Å²) < 4.78 is 0.662. The number of hydrogen-bond acceptors (Lipinski definition) is 3. The Bertz CT molecular complexity index is 665. The van der Waals surface area contributed by atoms with Gasteiger partial charge in [0.25, 0.3) is 0 Å². The van der Waals surface area contributed by atoms with Crippen LogP contribution in [0.15, 0.2) is 18.3 Å². The number of aromatic nitrogens is 1. The van der Waals surface area contributed by atoms with Gasteiger partial charge in [0.05, 0.1) is 15.1 Å². The molecule has 3 rings (SSSR count). The maximum Gasteiger partial charge on any atom is 0.165 e. The van der Waals surface area contributed by atoms with Crippen molar-refractivity contribution < 1.29 is 4.79 Å². The van der Waals surface area contributed by atoms with Crippen LogP contribution in [0.3, 0.4) is 0 Å². The van der Waals surface area contributed by atoms with Gasteiger partial charge in [-0.3, -0.25) is 9.78 Å². The smallest absolute Gasteiger partial charge is 0.165 e. The molecule has 2 heterocycles. The first-order valence-electron chi connectivity index (χ1n) is 5.98. The summed E-state index contributed by atoms with van der Waals surface area (Å²) in [5.41, 5.74) is 2.67. The van der Waals surface area contributed by atoms with Crippen LogP contribution < -0.4 is 0 Å². The molecule has 0 radical (unpaired) electrons. The molecule has 0 bridgehead atoms. The third-order valence-electron chi connectivity index (χ3n) is 3.44. The zero-order chi connectivity index (χ0) is 13.6. The number of carbonyl (C=O) groups excluding carboxylic acids is 1. The Morgan fingerprint density at radius 1 is 1.37 bits per heavy atom. The van der Waals surface area contributed by atoms with Crippen molar-refractivity contribution in [3.63, 3.8) is 0 Å². The van der Waals surface area contributed by atoms with Crippen LogP contribution >= 0.6 is 34.5 Å². The molecule has 1 atom stereocenters. The van der Waals surface area contributed by atoms with Gasteiger partial charge in [0, 0.05) is 29.0 Å². The predicted octanol–water partition coefficient (Wildman–Crippen LogP) is 4.67. The van der Waals surface area contributed by atoms with Gasteiger partial charge < -0.3 is 0 Å². The molecule has 0 spiro atoms. The molecule has 0 amide bonds. The van der Waals surface area contributed by atoms with E-state index in [4.69, 9.17) is 23.2 Å². The van der Waals surface area contributed by atoms with Crippen LogP contribution in [0, 0.1) is 6.92 Å². The summed E-state index contributed by atoms with van der Waals surface area (Å²) in [6.07, 6.45) is 2.99. The second-order valence-corrected chi connectivity index (χ2v) is 6.86. The van der Waals surface area contributed by atoms with Crippen molar-refractivity contribution >= 4 is 40.3 Å². The number of aryl methyl sites for hydroxylation is 1. The molecule has 2 aromatic rings. The van der Waals surface area contributed by atoms with E-state index < -0.39 is 0 Å². The number of nitrogens with zero attached hydrogens (tertiary/aromatic N) is 1. The second kappa shape index (κ2) is 4.89. The van der Waals surface area contributed by atoms with E-state index >= 15 is 0 Å². The maximum absolute atomic E-state index is 12.3. The van der Waals surface area contributed by atoms with Gasteiger partial charge in [-0.1, -0.05) is 23.2 Å². The van der Waals surface area contributed by atoms with Crippen LogP contribution in [0.1, 0.15) is 38.8 Å². The molecule has 98 valence electrons. The molecule has 19 heavy (non-hydrogen) atoms. The van der Waals surface area contributed by atoms with E-state index in [1.165, 1.54) is 11.3 Å². The van der Waals surface area contributed by atoms with Gasteiger partial charge >= 0.3 is 0 Å². The van der Waals surface area contributed by atoms with Crippen LogP contribution in [0.4, 0.5) is 0 Å². The molecule has 0 N–H and O–H groups in total. The van der Waals surface area contributed by atoms with Crippen LogP contribution in [-0.4, -0.2) is 10.8 Å². The van der Waals surface area contributed by atoms with Gasteiger partial charge in [0.2, 0.25) is 0 Å². The number of rotatable bonds is 1. The number of pyridine rings is 1. The lowest BCUT2D eigenvalue weighted by atomic mass is 9.83. The lowest BCUT2D eigenvalue weighted by Crippen LogP contribution is -2.20. The fourth-order valence-electron chi connectivity index (χ4n) is 2.60. The summed E-state index contributed by atoms with van der Waals surface area (Å²) in [5, 5.41) is 0.656. The molecule has 1 aliphatic carbocycles. The number of fused-ring (bicyclic) bond motifs is 1. The minimum atomic E-state index is 0.0966. The quantitative estimate of drug-likeness (QED) is 0.766. The van der Waals surface area contributed by atoms with Crippen molar-refractivity contribution in [1.29, 1.82) is 0 Å². The van der Waals surface area contributed by atoms with Crippen molar-refractivity contribution in [2.75, 3.05) is 0 Å². The van der Waals surface area contributed by atoms with E-state index in [0.717, 1.165) is 28.1 Å². The topological polar surface area (TPSA) is 30.0 Å². The van der Waals surface area contributed by atoms with Crippen molar-refractivity contribution in [2.24, 2.45) is 0 Å². The summed E-state index contributed by atoms with van der Waals surface area (Å²) in [4.78, 5) is 17.6. The molecule has 0 aliphatic heterocycles. The molecule has 5 heteroatoms. The molecule has 0 fully saturated rings. The number of carbonyl (C=O) groups is 1. The molecule has 0 saturated heterocycles. The molecule has 2 aromatic heterocycles. The highest BCUT2D eigenvalue weighted by Crippen LogP contribution is 2.41. The maximum atomic E-state index is 12.3. The molecule has 2 nitrogen and oxygen atoms in total. The van der Waals surface area contributed by atoms with Gasteiger partial charge in [0.15, 0.2) is 5.78 Å². The Morgan fingerprint density at radius 2 is 2.16 bits per heavy atom. The molecule has 1 aliphatic rings. The molecular weight excluding hydrogens is 301 g/mol. The largest absolute Gasteiger partial charge is 0.294 e. The van der Waals surface area contributed by atoms with E-state index in [9.17, 15) is 4.79 Å². The second-order valence-electron chi connectivity index (χ2n) is 4.74. The first kappa shape index (κ1) is 13.1. The number of hydrogen-bond donors (Lipinski definition) is 0. The summed E-state index contributed by atoms with van der Waals surface area (Å²) >= 11 is 13.6. The minimum Gasteiger partial charge on any atom is -0.294 e. The Balaban J connectivity index is 2.02.